The van der Waals surface area contributed by atoms with Crippen molar-refractivity contribution in [3.05, 3.63) is 109 Å². The second kappa shape index (κ2) is 7.54. The van der Waals surface area contributed by atoms with E-state index in [2.05, 4.69) is 133 Å². The molecule has 162 valence electrons. The van der Waals surface area contributed by atoms with E-state index in [1.807, 2.05) is 0 Å². The molecule has 6 aromatic carbocycles. The first-order valence-corrected chi connectivity index (χ1v) is 14.2. The van der Waals surface area contributed by atoms with Crippen molar-refractivity contribution in [1.82, 2.24) is 0 Å². The van der Waals surface area contributed by atoms with Crippen LogP contribution in [0.4, 0.5) is 17.1 Å². The average Bonchev–Trinajstić information content (AvgIpc) is 2.84. The summed E-state index contributed by atoms with van der Waals surface area (Å²) in [6.45, 7) is 0. The van der Waals surface area contributed by atoms with E-state index in [-0.39, 0.29) is 0 Å². The minimum Gasteiger partial charge on any atom is -0.310 e. The molecule has 0 atom stereocenters. The minimum atomic E-state index is -0.762. The molecule has 6 rings (SSSR count). The van der Waals surface area contributed by atoms with Crippen molar-refractivity contribution >= 4 is 59.4 Å². The summed E-state index contributed by atoms with van der Waals surface area (Å²) in [6, 6.07) is 40.1. The van der Waals surface area contributed by atoms with Crippen molar-refractivity contribution in [2.24, 2.45) is 0 Å². The molecule has 0 saturated heterocycles. The van der Waals surface area contributed by atoms with Crippen LogP contribution in [0.1, 0.15) is 0 Å². The summed E-state index contributed by atoms with van der Waals surface area (Å²) in [5, 5.41) is 7.87. The van der Waals surface area contributed by atoms with E-state index in [1.165, 1.54) is 54.3 Å². The van der Waals surface area contributed by atoms with Gasteiger partial charge in [0.25, 0.3) is 0 Å². The number of anilines is 3. The maximum Gasteiger partial charge on any atom is 0.0540 e. The molecule has 0 aromatic heterocycles. The highest BCUT2D eigenvalue weighted by atomic mass is 32.3. The molecule has 0 N–H and O–H groups in total. The highest BCUT2D eigenvalue weighted by Gasteiger charge is 2.18. The Bertz CT molecular complexity index is 1560. The molecule has 6 aromatic rings. The van der Waals surface area contributed by atoms with Crippen LogP contribution in [0.3, 0.4) is 0 Å². The van der Waals surface area contributed by atoms with Crippen LogP contribution >= 0.6 is 10.0 Å². The summed E-state index contributed by atoms with van der Waals surface area (Å²) in [5.41, 5.74) is 3.56. The normalized spacial score (nSPS) is 12.6. The Morgan fingerprint density at radius 1 is 0.485 bits per heavy atom. The Kier molecular flexibility index (Phi) is 4.60. The molecule has 0 heterocycles. The van der Waals surface area contributed by atoms with Crippen LogP contribution in [0.2, 0.25) is 0 Å². The Balaban J connectivity index is 1.64. The zero-order chi connectivity index (χ0) is 22.6. The number of nitrogens with zero attached hydrogens (tertiary/aromatic N) is 1. The first-order chi connectivity index (χ1) is 16.0. The highest BCUT2D eigenvalue weighted by molar-refractivity contribution is 8.32. The van der Waals surface area contributed by atoms with Gasteiger partial charge in [-0.15, -0.1) is 0 Å². The molecule has 0 bridgehead atoms. The first-order valence-electron chi connectivity index (χ1n) is 11.3. The lowest BCUT2D eigenvalue weighted by molar-refractivity contribution is 1.28. The van der Waals surface area contributed by atoms with Gasteiger partial charge in [0.15, 0.2) is 0 Å². The lowest BCUT2D eigenvalue weighted by Crippen LogP contribution is -2.10. The van der Waals surface area contributed by atoms with Gasteiger partial charge in [-0.05, 0) is 93.1 Å². The molecule has 0 radical (unpaired) electrons. The molecule has 0 saturated carbocycles. The van der Waals surface area contributed by atoms with E-state index in [0.717, 1.165) is 0 Å². The minimum absolute atomic E-state index is 0.762. The zero-order valence-corrected chi connectivity index (χ0v) is 20.1. The van der Waals surface area contributed by atoms with Crippen molar-refractivity contribution in [2.45, 2.75) is 4.90 Å². The molecule has 0 unspecified atom stereocenters. The van der Waals surface area contributed by atoms with Crippen LogP contribution in [0, 0.1) is 0 Å². The second-order valence-corrected chi connectivity index (χ2v) is 13.6. The third-order valence-electron chi connectivity index (χ3n) is 6.56. The van der Waals surface area contributed by atoms with Gasteiger partial charge in [0.05, 0.1) is 5.69 Å². The predicted octanol–water partition coefficient (Wildman–Crippen LogP) is 9.11. The third kappa shape index (κ3) is 3.34. The Hall–Kier alpha value is -3.49. The Morgan fingerprint density at radius 3 is 1.73 bits per heavy atom. The number of hydrogen-bond acceptors (Lipinski definition) is 1. The summed E-state index contributed by atoms with van der Waals surface area (Å²) >= 11 is 0. The maximum atomic E-state index is 2.40. The van der Waals surface area contributed by atoms with Crippen LogP contribution in [0.5, 0.6) is 0 Å². The van der Waals surface area contributed by atoms with Crippen molar-refractivity contribution < 1.29 is 0 Å². The molecule has 1 nitrogen and oxygen atoms in total. The maximum absolute atomic E-state index is 2.40. The van der Waals surface area contributed by atoms with E-state index in [0.29, 0.717) is 0 Å². The van der Waals surface area contributed by atoms with Crippen molar-refractivity contribution in [3.8, 4) is 0 Å². The fourth-order valence-electron chi connectivity index (χ4n) is 4.92. The SMILES string of the molecule is CS(C)(C)c1ccc(N(c2ccccc2)c2ccc3ccc4cccc5ccc2c3c45)cc1. The molecule has 0 aliphatic carbocycles. The van der Waals surface area contributed by atoms with E-state index in [1.54, 1.807) is 0 Å². The lowest BCUT2D eigenvalue weighted by Gasteiger charge is -2.30. The van der Waals surface area contributed by atoms with Gasteiger partial charge in [0.1, 0.15) is 0 Å². The van der Waals surface area contributed by atoms with Gasteiger partial charge < -0.3 is 4.90 Å². The lowest BCUT2D eigenvalue weighted by atomic mass is 9.93. The fourth-order valence-corrected chi connectivity index (χ4v) is 5.88. The van der Waals surface area contributed by atoms with Gasteiger partial charge in [-0.3, -0.25) is 0 Å². The molecular weight excluding hydrogens is 418 g/mol. The Labute approximate surface area is 196 Å². The predicted molar refractivity (Wildman–Crippen MR) is 148 cm³/mol. The first kappa shape index (κ1) is 20.1. The van der Waals surface area contributed by atoms with Gasteiger partial charge in [0.2, 0.25) is 0 Å². The van der Waals surface area contributed by atoms with E-state index >= 15 is 0 Å². The zero-order valence-electron chi connectivity index (χ0n) is 19.2. The summed E-state index contributed by atoms with van der Waals surface area (Å²) in [5.74, 6) is 0. The third-order valence-corrected chi connectivity index (χ3v) is 8.25. The van der Waals surface area contributed by atoms with E-state index < -0.39 is 10.0 Å². The van der Waals surface area contributed by atoms with Crippen LogP contribution in [0.25, 0.3) is 32.3 Å². The van der Waals surface area contributed by atoms with Crippen LogP contribution in [-0.4, -0.2) is 18.8 Å². The fraction of sp³-hybridized carbons (Fsp3) is 0.0968. The van der Waals surface area contributed by atoms with Crippen molar-refractivity contribution in [3.63, 3.8) is 0 Å². The smallest absolute Gasteiger partial charge is 0.0540 e. The summed E-state index contributed by atoms with van der Waals surface area (Å²) in [6.07, 6.45) is 7.04. The molecule has 0 fully saturated rings. The van der Waals surface area contributed by atoms with Crippen molar-refractivity contribution in [2.75, 3.05) is 23.7 Å². The molecular formula is C31H27NS. The van der Waals surface area contributed by atoms with Crippen molar-refractivity contribution in [1.29, 1.82) is 0 Å². The molecule has 0 amide bonds. The molecule has 0 aliphatic heterocycles. The van der Waals surface area contributed by atoms with Gasteiger partial charge >= 0.3 is 0 Å². The molecule has 0 aliphatic rings. The standard InChI is InChI=1S/C31H27NS/c1-33(2,3)27-18-16-26(17-19-27)32(25-10-5-4-6-11-25)29-21-15-24-13-12-22-8-7-9-23-14-20-28(29)31(24)30(22)23/h4-21H,1-3H3. The molecule has 2 heteroatoms. The van der Waals surface area contributed by atoms with Crippen LogP contribution < -0.4 is 4.90 Å². The van der Waals surface area contributed by atoms with E-state index in [4.69, 9.17) is 0 Å². The van der Waals surface area contributed by atoms with Gasteiger partial charge in [-0.2, -0.15) is 0 Å². The van der Waals surface area contributed by atoms with Crippen LogP contribution in [-0.2, 0) is 0 Å². The van der Waals surface area contributed by atoms with Gasteiger partial charge in [-0.25, -0.2) is 10.0 Å². The highest BCUT2D eigenvalue weighted by Crippen LogP contribution is 2.47. The number of hydrogen-bond donors (Lipinski definition) is 0. The second-order valence-electron chi connectivity index (χ2n) is 9.44. The largest absolute Gasteiger partial charge is 0.310 e. The number of rotatable bonds is 4. The Morgan fingerprint density at radius 2 is 1.06 bits per heavy atom. The quantitative estimate of drug-likeness (QED) is 0.245. The van der Waals surface area contributed by atoms with Gasteiger partial charge in [-0.1, -0.05) is 66.7 Å². The van der Waals surface area contributed by atoms with E-state index in [9.17, 15) is 0 Å². The summed E-state index contributed by atoms with van der Waals surface area (Å²) in [4.78, 5) is 3.82. The summed E-state index contributed by atoms with van der Waals surface area (Å²) < 4.78 is 0. The topological polar surface area (TPSA) is 3.24 Å². The summed E-state index contributed by atoms with van der Waals surface area (Å²) in [7, 11) is -0.762. The molecule has 0 spiro atoms. The van der Waals surface area contributed by atoms with Crippen LogP contribution in [0.15, 0.2) is 114 Å². The van der Waals surface area contributed by atoms with Gasteiger partial charge in [0, 0.05) is 16.8 Å². The number of para-hydroxylation sites is 1. The number of benzene rings is 6. The molecule has 33 heavy (non-hydrogen) atoms. The monoisotopic (exact) mass is 445 g/mol. The average molecular weight is 446 g/mol.